The molecule has 0 saturated carbocycles. The number of amides is 1. The van der Waals surface area contributed by atoms with E-state index in [2.05, 4.69) is 5.32 Å². The van der Waals surface area contributed by atoms with Crippen molar-refractivity contribution in [2.45, 2.75) is 24.9 Å². The van der Waals surface area contributed by atoms with Crippen LogP contribution < -0.4 is 5.32 Å². The first-order valence-corrected chi connectivity index (χ1v) is 8.10. The van der Waals surface area contributed by atoms with Gasteiger partial charge in [-0.2, -0.15) is 13.2 Å². The maximum atomic E-state index is 13.0. The third kappa shape index (κ3) is 4.20. The Balaban J connectivity index is 1.74. The van der Waals surface area contributed by atoms with E-state index >= 15 is 0 Å². The van der Waals surface area contributed by atoms with Crippen LogP contribution in [0.25, 0.3) is 0 Å². The SMILES string of the molecule is O=C(Nc1ccccc1C(F)(F)F)c1ccc([C@@H]2CCCOC2)cc1. The maximum absolute atomic E-state index is 13.0. The highest BCUT2D eigenvalue weighted by atomic mass is 19.4. The third-order valence-electron chi connectivity index (χ3n) is 4.29. The molecule has 1 atom stereocenters. The van der Waals surface area contributed by atoms with Crippen molar-refractivity contribution in [1.82, 2.24) is 0 Å². The van der Waals surface area contributed by atoms with E-state index < -0.39 is 17.6 Å². The summed E-state index contributed by atoms with van der Waals surface area (Å²) in [6, 6.07) is 11.9. The zero-order valence-corrected chi connectivity index (χ0v) is 13.5. The van der Waals surface area contributed by atoms with Gasteiger partial charge in [0.25, 0.3) is 5.91 Å². The normalized spacial score (nSPS) is 18.0. The summed E-state index contributed by atoms with van der Waals surface area (Å²) in [5, 5.41) is 2.35. The van der Waals surface area contributed by atoms with Gasteiger partial charge < -0.3 is 10.1 Å². The van der Waals surface area contributed by atoms with E-state index in [0.717, 1.165) is 31.1 Å². The summed E-state index contributed by atoms with van der Waals surface area (Å²) in [6.07, 6.45) is -2.49. The summed E-state index contributed by atoms with van der Waals surface area (Å²) in [5.41, 5.74) is 0.286. The highest BCUT2D eigenvalue weighted by Crippen LogP contribution is 2.34. The molecule has 2 aromatic rings. The number of halogens is 3. The molecule has 6 heteroatoms. The Hall–Kier alpha value is -2.34. The lowest BCUT2D eigenvalue weighted by Crippen LogP contribution is -2.17. The van der Waals surface area contributed by atoms with Crippen LogP contribution in [0.1, 0.15) is 40.2 Å². The molecule has 1 aliphatic rings. The highest BCUT2D eigenvalue weighted by molar-refractivity contribution is 6.04. The van der Waals surface area contributed by atoms with Crippen LogP contribution in [-0.2, 0) is 10.9 Å². The summed E-state index contributed by atoms with van der Waals surface area (Å²) in [6.45, 7) is 1.43. The quantitative estimate of drug-likeness (QED) is 0.860. The van der Waals surface area contributed by atoms with Crippen LogP contribution in [0.2, 0.25) is 0 Å². The molecular weight excluding hydrogens is 331 g/mol. The van der Waals surface area contributed by atoms with Gasteiger partial charge in [-0.25, -0.2) is 0 Å². The Morgan fingerprint density at radius 2 is 1.80 bits per heavy atom. The zero-order chi connectivity index (χ0) is 17.9. The molecule has 0 unspecified atom stereocenters. The Bertz CT molecular complexity index is 735. The number of anilines is 1. The van der Waals surface area contributed by atoms with Crippen molar-refractivity contribution in [1.29, 1.82) is 0 Å². The second-order valence-electron chi connectivity index (χ2n) is 6.03. The van der Waals surface area contributed by atoms with E-state index in [0.29, 0.717) is 18.1 Å². The topological polar surface area (TPSA) is 38.3 Å². The molecule has 1 fully saturated rings. The van der Waals surface area contributed by atoms with Crippen molar-refractivity contribution in [3.05, 3.63) is 65.2 Å². The number of nitrogens with one attached hydrogen (secondary N) is 1. The Morgan fingerprint density at radius 1 is 1.08 bits per heavy atom. The van der Waals surface area contributed by atoms with Gasteiger partial charge in [0.05, 0.1) is 17.9 Å². The highest BCUT2D eigenvalue weighted by Gasteiger charge is 2.33. The molecule has 1 amide bonds. The first kappa shape index (κ1) is 17.5. The van der Waals surface area contributed by atoms with E-state index in [9.17, 15) is 18.0 Å². The van der Waals surface area contributed by atoms with Crippen LogP contribution in [0, 0.1) is 0 Å². The standard InChI is InChI=1S/C19H18F3NO2/c20-19(21,22)16-5-1-2-6-17(16)23-18(24)14-9-7-13(8-10-14)15-4-3-11-25-12-15/h1-2,5-10,15H,3-4,11-12H2,(H,23,24)/t15-/m1/s1. The predicted molar refractivity (Wildman–Crippen MR) is 88.6 cm³/mol. The van der Waals surface area contributed by atoms with Crippen molar-refractivity contribution in [2.24, 2.45) is 0 Å². The van der Waals surface area contributed by atoms with Gasteiger partial charge in [-0.15, -0.1) is 0 Å². The molecular formula is C19H18F3NO2. The van der Waals surface area contributed by atoms with E-state index in [1.807, 2.05) is 12.1 Å². The number of hydrogen-bond acceptors (Lipinski definition) is 2. The van der Waals surface area contributed by atoms with Crippen molar-refractivity contribution in [2.75, 3.05) is 18.5 Å². The van der Waals surface area contributed by atoms with Crippen LogP contribution in [0.3, 0.4) is 0 Å². The van der Waals surface area contributed by atoms with Gasteiger partial charge in [0.2, 0.25) is 0 Å². The van der Waals surface area contributed by atoms with Crippen molar-refractivity contribution in [3.8, 4) is 0 Å². The van der Waals surface area contributed by atoms with Crippen LogP contribution in [0.5, 0.6) is 0 Å². The monoisotopic (exact) mass is 349 g/mol. The molecule has 0 bridgehead atoms. The van der Waals surface area contributed by atoms with Crippen LogP contribution in [0.15, 0.2) is 48.5 Å². The summed E-state index contributed by atoms with van der Waals surface area (Å²) in [5.74, 6) is -0.264. The number of carbonyl (C=O) groups is 1. The molecule has 0 aliphatic carbocycles. The average molecular weight is 349 g/mol. The second kappa shape index (κ2) is 7.27. The van der Waals surface area contributed by atoms with Crippen molar-refractivity contribution in [3.63, 3.8) is 0 Å². The lowest BCUT2D eigenvalue weighted by atomic mass is 9.93. The van der Waals surface area contributed by atoms with E-state index in [4.69, 9.17) is 4.74 Å². The number of rotatable bonds is 3. The van der Waals surface area contributed by atoms with E-state index in [1.165, 1.54) is 18.2 Å². The van der Waals surface area contributed by atoms with Crippen molar-refractivity contribution < 1.29 is 22.7 Å². The maximum Gasteiger partial charge on any atom is 0.418 e. The van der Waals surface area contributed by atoms with Gasteiger partial charge in [-0.3, -0.25) is 4.79 Å². The summed E-state index contributed by atoms with van der Waals surface area (Å²) in [7, 11) is 0. The smallest absolute Gasteiger partial charge is 0.381 e. The average Bonchev–Trinajstić information content (AvgIpc) is 2.62. The number of hydrogen-bond donors (Lipinski definition) is 1. The van der Waals surface area contributed by atoms with Crippen LogP contribution in [0.4, 0.5) is 18.9 Å². The van der Waals surface area contributed by atoms with Gasteiger partial charge in [0, 0.05) is 18.1 Å². The van der Waals surface area contributed by atoms with Gasteiger partial charge in [-0.1, -0.05) is 24.3 Å². The zero-order valence-electron chi connectivity index (χ0n) is 13.5. The molecule has 2 aromatic carbocycles. The van der Waals surface area contributed by atoms with Crippen LogP contribution in [-0.4, -0.2) is 19.1 Å². The molecule has 1 heterocycles. The molecule has 132 valence electrons. The van der Waals surface area contributed by atoms with E-state index in [-0.39, 0.29) is 5.69 Å². The Labute approximate surface area is 143 Å². The molecule has 25 heavy (non-hydrogen) atoms. The summed E-state index contributed by atoms with van der Waals surface area (Å²) < 4.78 is 44.4. The molecule has 3 nitrogen and oxygen atoms in total. The first-order valence-electron chi connectivity index (χ1n) is 8.10. The lowest BCUT2D eigenvalue weighted by molar-refractivity contribution is -0.136. The molecule has 0 radical (unpaired) electrons. The molecule has 1 N–H and O–H groups in total. The molecule has 1 saturated heterocycles. The minimum absolute atomic E-state index is 0.246. The Kier molecular flexibility index (Phi) is 5.08. The Morgan fingerprint density at radius 3 is 2.44 bits per heavy atom. The molecule has 0 aromatic heterocycles. The predicted octanol–water partition coefficient (Wildman–Crippen LogP) is 4.85. The second-order valence-corrected chi connectivity index (χ2v) is 6.03. The molecule has 3 rings (SSSR count). The fourth-order valence-electron chi connectivity index (χ4n) is 2.94. The minimum Gasteiger partial charge on any atom is -0.381 e. The summed E-state index contributed by atoms with van der Waals surface area (Å²) in [4.78, 5) is 12.3. The van der Waals surface area contributed by atoms with Gasteiger partial charge in [0.1, 0.15) is 0 Å². The van der Waals surface area contributed by atoms with Gasteiger partial charge in [0.15, 0.2) is 0 Å². The minimum atomic E-state index is -4.52. The number of carbonyl (C=O) groups excluding carboxylic acids is 1. The van der Waals surface area contributed by atoms with Crippen LogP contribution >= 0.6 is 0 Å². The molecule has 1 aliphatic heterocycles. The lowest BCUT2D eigenvalue weighted by Gasteiger charge is -2.22. The summed E-state index contributed by atoms with van der Waals surface area (Å²) >= 11 is 0. The molecule has 0 spiro atoms. The number of ether oxygens (including phenoxy) is 1. The van der Waals surface area contributed by atoms with E-state index in [1.54, 1.807) is 12.1 Å². The third-order valence-corrected chi connectivity index (χ3v) is 4.29. The first-order chi connectivity index (χ1) is 11.9. The fourth-order valence-corrected chi connectivity index (χ4v) is 2.94. The largest absolute Gasteiger partial charge is 0.418 e. The van der Waals surface area contributed by atoms with Crippen molar-refractivity contribution >= 4 is 11.6 Å². The van der Waals surface area contributed by atoms with Gasteiger partial charge in [-0.05, 0) is 42.7 Å². The fraction of sp³-hybridized carbons (Fsp3) is 0.316. The number of para-hydroxylation sites is 1. The van der Waals surface area contributed by atoms with Gasteiger partial charge >= 0.3 is 6.18 Å². The number of alkyl halides is 3. The number of benzene rings is 2.